The van der Waals surface area contributed by atoms with E-state index in [2.05, 4.69) is 15.6 Å². The van der Waals surface area contributed by atoms with Crippen molar-refractivity contribution < 1.29 is 22.7 Å². The summed E-state index contributed by atoms with van der Waals surface area (Å²) in [7, 11) is -3.82. The third-order valence-corrected chi connectivity index (χ3v) is 4.77. The van der Waals surface area contributed by atoms with Crippen LogP contribution in [0.1, 0.15) is 22.2 Å². The predicted octanol–water partition coefficient (Wildman–Crippen LogP) is 1.05. The van der Waals surface area contributed by atoms with Gasteiger partial charge in [-0.1, -0.05) is 23.4 Å². The molecule has 1 unspecified atom stereocenters. The molecule has 1 amide bonds. The van der Waals surface area contributed by atoms with Crippen LogP contribution in [0.5, 0.6) is 0 Å². The van der Waals surface area contributed by atoms with Gasteiger partial charge in [0.25, 0.3) is 5.91 Å². The number of rotatable bonds is 6. The SMILES string of the molecule is NS(=O)(=O)c1ccc(NC(=O)c2cn(CC(O)c3ccccc3F)nn2)cc1. The molecule has 9 nitrogen and oxygen atoms in total. The van der Waals surface area contributed by atoms with E-state index < -0.39 is 27.9 Å². The van der Waals surface area contributed by atoms with E-state index in [4.69, 9.17) is 5.14 Å². The van der Waals surface area contributed by atoms with E-state index in [1.54, 1.807) is 6.07 Å². The second-order valence-electron chi connectivity index (χ2n) is 5.89. The van der Waals surface area contributed by atoms with Crippen LogP contribution in [0.3, 0.4) is 0 Å². The summed E-state index contributed by atoms with van der Waals surface area (Å²) in [6.45, 7) is -0.0930. The van der Waals surface area contributed by atoms with Crippen LogP contribution in [0.2, 0.25) is 0 Å². The van der Waals surface area contributed by atoms with Crippen molar-refractivity contribution >= 4 is 21.6 Å². The van der Waals surface area contributed by atoms with Gasteiger partial charge in [0, 0.05) is 11.3 Å². The third kappa shape index (κ3) is 4.57. The minimum absolute atomic E-state index is 0.0312. The number of carbonyl (C=O) groups is 1. The number of aliphatic hydroxyl groups is 1. The van der Waals surface area contributed by atoms with Crippen molar-refractivity contribution in [3.63, 3.8) is 0 Å². The van der Waals surface area contributed by atoms with E-state index in [1.807, 2.05) is 0 Å². The number of sulfonamides is 1. The Morgan fingerprint density at radius 2 is 1.89 bits per heavy atom. The minimum Gasteiger partial charge on any atom is -0.386 e. The van der Waals surface area contributed by atoms with E-state index >= 15 is 0 Å². The van der Waals surface area contributed by atoms with Crippen LogP contribution in [-0.4, -0.2) is 34.4 Å². The topological polar surface area (TPSA) is 140 Å². The number of aromatic nitrogens is 3. The summed E-state index contributed by atoms with van der Waals surface area (Å²) in [5.41, 5.74) is 0.411. The number of carbonyl (C=O) groups excluding carboxylic acids is 1. The summed E-state index contributed by atoms with van der Waals surface area (Å²) < 4.78 is 37.4. The van der Waals surface area contributed by atoms with E-state index in [9.17, 15) is 22.7 Å². The molecule has 0 aliphatic rings. The molecule has 0 bridgehead atoms. The summed E-state index contributed by atoms with van der Waals surface area (Å²) in [5.74, 6) is -1.13. The fourth-order valence-corrected chi connectivity index (χ4v) is 2.95. The average Bonchev–Trinajstić information content (AvgIpc) is 3.10. The zero-order chi connectivity index (χ0) is 20.3. The molecular formula is C17H16FN5O4S. The number of hydrogen-bond donors (Lipinski definition) is 3. The van der Waals surface area contributed by atoms with Crippen molar-refractivity contribution in [3.05, 3.63) is 71.8 Å². The molecule has 0 fully saturated rings. The number of primary sulfonamides is 1. The Kier molecular flexibility index (Phi) is 5.49. The molecule has 3 aromatic rings. The molecule has 0 aliphatic carbocycles. The Morgan fingerprint density at radius 1 is 1.21 bits per heavy atom. The molecule has 28 heavy (non-hydrogen) atoms. The van der Waals surface area contributed by atoms with E-state index in [-0.39, 0.29) is 22.7 Å². The summed E-state index contributed by atoms with van der Waals surface area (Å²) in [6.07, 6.45) is 0.141. The first kappa shape index (κ1) is 19.6. The van der Waals surface area contributed by atoms with Gasteiger partial charge in [0.2, 0.25) is 10.0 Å². The smallest absolute Gasteiger partial charge is 0.277 e. The maximum absolute atomic E-state index is 13.7. The Hall–Kier alpha value is -3.15. The van der Waals surface area contributed by atoms with Gasteiger partial charge in [0.1, 0.15) is 11.9 Å². The van der Waals surface area contributed by atoms with Gasteiger partial charge in [-0.2, -0.15) is 0 Å². The van der Waals surface area contributed by atoms with Crippen LogP contribution in [0.4, 0.5) is 10.1 Å². The standard InChI is InChI=1S/C17H16FN5O4S/c18-14-4-2-1-3-13(14)16(24)10-23-9-15(21-22-23)17(25)20-11-5-7-12(8-6-11)28(19,26)27/h1-9,16,24H,10H2,(H,20,25)(H2,19,26,27). The van der Waals surface area contributed by atoms with Crippen LogP contribution in [0.15, 0.2) is 59.6 Å². The second-order valence-corrected chi connectivity index (χ2v) is 7.45. The monoisotopic (exact) mass is 405 g/mol. The van der Waals surface area contributed by atoms with Gasteiger partial charge >= 0.3 is 0 Å². The first-order chi connectivity index (χ1) is 13.2. The van der Waals surface area contributed by atoms with Crippen molar-refractivity contribution in [3.8, 4) is 0 Å². The first-order valence-electron chi connectivity index (χ1n) is 8.01. The summed E-state index contributed by atoms with van der Waals surface area (Å²) in [5, 5.41) is 25.2. The molecule has 0 saturated heterocycles. The molecule has 0 saturated carbocycles. The third-order valence-electron chi connectivity index (χ3n) is 3.84. The second kappa shape index (κ2) is 7.84. The molecule has 11 heteroatoms. The highest BCUT2D eigenvalue weighted by Gasteiger charge is 2.16. The molecule has 146 valence electrons. The van der Waals surface area contributed by atoms with Crippen molar-refractivity contribution in [1.29, 1.82) is 0 Å². The van der Waals surface area contributed by atoms with E-state index in [0.717, 1.165) is 0 Å². The number of nitrogens with two attached hydrogens (primary N) is 1. The Labute approximate surface area is 159 Å². The van der Waals surface area contributed by atoms with Crippen molar-refractivity contribution in [1.82, 2.24) is 15.0 Å². The molecule has 3 rings (SSSR count). The number of nitrogens with zero attached hydrogens (tertiary/aromatic N) is 3. The highest BCUT2D eigenvalue weighted by molar-refractivity contribution is 7.89. The molecule has 4 N–H and O–H groups in total. The highest BCUT2D eigenvalue weighted by Crippen LogP contribution is 2.18. The first-order valence-corrected chi connectivity index (χ1v) is 9.55. The molecule has 2 aromatic carbocycles. The van der Waals surface area contributed by atoms with Gasteiger partial charge in [0.15, 0.2) is 5.69 Å². The lowest BCUT2D eigenvalue weighted by molar-refractivity contribution is 0.102. The van der Waals surface area contributed by atoms with E-state index in [0.29, 0.717) is 5.69 Å². The lowest BCUT2D eigenvalue weighted by Crippen LogP contribution is -2.14. The van der Waals surface area contributed by atoms with Crippen LogP contribution < -0.4 is 10.5 Å². The Balaban J connectivity index is 1.66. The summed E-state index contributed by atoms with van der Waals surface area (Å²) >= 11 is 0. The molecule has 0 aliphatic heterocycles. The Bertz CT molecular complexity index is 1100. The lowest BCUT2D eigenvalue weighted by atomic mass is 10.1. The predicted molar refractivity (Wildman–Crippen MR) is 97.2 cm³/mol. The molecule has 0 radical (unpaired) electrons. The normalized spacial score (nSPS) is 12.5. The van der Waals surface area contributed by atoms with Gasteiger partial charge in [0.05, 0.1) is 17.6 Å². The number of amides is 1. The zero-order valence-electron chi connectivity index (χ0n) is 14.4. The Morgan fingerprint density at radius 3 is 2.54 bits per heavy atom. The summed E-state index contributed by atoms with van der Waals surface area (Å²) in [4.78, 5) is 12.1. The van der Waals surface area contributed by atoms with Crippen molar-refractivity contribution in [2.45, 2.75) is 17.5 Å². The summed E-state index contributed by atoms with van der Waals surface area (Å²) in [6, 6.07) is 11.1. The number of halogens is 1. The maximum atomic E-state index is 13.7. The average molecular weight is 405 g/mol. The molecule has 1 heterocycles. The number of benzene rings is 2. The molecule has 0 spiro atoms. The number of hydrogen-bond acceptors (Lipinski definition) is 6. The largest absolute Gasteiger partial charge is 0.386 e. The number of aliphatic hydroxyl groups excluding tert-OH is 1. The van der Waals surface area contributed by atoms with Crippen LogP contribution in [-0.2, 0) is 16.6 Å². The fourth-order valence-electron chi connectivity index (χ4n) is 2.44. The van der Waals surface area contributed by atoms with Gasteiger partial charge in [-0.25, -0.2) is 22.6 Å². The van der Waals surface area contributed by atoms with Gasteiger partial charge in [-0.3, -0.25) is 4.79 Å². The van der Waals surface area contributed by atoms with Gasteiger partial charge < -0.3 is 10.4 Å². The van der Waals surface area contributed by atoms with Gasteiger partial charge in [-0.05, 0) is 30.3 Å². The maximum Gasteiger partial charge on any atom is 0.277 e. The molecule has 1 aromatic heterocycles. The van der Waals surface area contributed by atoms with Crippen LogP contribution >= 0.6 is 0 Å². The lowest BCUT2D eigenvalue weighted by Gasteiger charge is -2.11. The minimum atomic E-state index is -3.82. The zero-order valence-corrected chi connectivity index (χ0v) is 15.2. The van der Waals surface area contributed by atoms with E-state index in [1.165, 1.54) is 53.3 Å². The van der Waals surface area contributed by atoms with Crippen molar-refractivity contribution in [2.75, 3.05) is 5.32 Å². The molecular weight excluding hydrogens is 389 g/mol. The van der Waals surface area contributed by atoms with Crippen molar-refractivity contribution in [2.24, 2.45) is 5.14 Å². The van der Waals surface area contributed by atoms with Crippen LogP contribution in [0, 0.1) is 5.82 Å². The number of nitrogens with one attached hydrogen (secondary N) is 1. The van der Waals surface area contributed by atoms with Crippen LogP contribution in [0.25, 0.3) is 0 Å². The highest BCUT2D eigenvalue weighted by atomic mass is 32.2. The quantitative estimate of drug-likeness (QED) is 0.560. The molecule has 1 atom stereocenters. The van der Waals surface area contributed by atoms with Gasteiger partial charge in [-0.15, -0.1) is 5.10 Å². The fraction of sp³-hybridized carbons (Fsp3) is 0.118. The number of anilines is 1.